The van der Waals surface area contributed by atoms with E-state index < -0.39 is 32.3 Å². The summed E-state index contributed by atoms with van der Waals surface area (Å²) in [6.45, 7) is 0.137. The molecule has 0 saturated heterocycles. The highest BCUT2D eigenvalue weighted by Gasteiger charge is 2.34. The van der Waals surface area contributed by atoms with Gasteiger partial charge in [-0.3, -0.25) is 14.3 Å². The molecule has 0 amide bonds. The molecule has 3 heterocycles. The lowest BCUT2D eigenvalue weighted by Gasteiger charge is -2.20. The highest BCUT2D eigenvalue weighted by Crippen LogP contribution is 2.38. The first-order valence-electron chi connectivity index (χ1n) is 8.37. The van der Waals surface area contributed by atoms with Gasteiger partial charge in [0.15, 0.2) is 17.4 Å². The molecule has 6 nitrogen and oxygen atoms in total. The third-order valence-electron chi connectivity index (χ3n) is 4.57. The van der Waals surface area contributed by atoms with Crippen LogP contribution in [-0.2, 0) is 16.4 Å². The number of halogens is 2. The first-order valence-corrected chi connectivity index (χ1v) is 9.81. The Kier molecular flexibility index (Phi) is 4.46. The third-order valence-corrected chi connectivity index (χ3v) is 6.36. The van der Waals surface area contributed by atoms with Gasteiger partial charge in [0, 0.05) is 24.5 Å². The maximum Gasteiger partial charge on any atom is 0.264 e. The van der Waals surface area contributed by atoms with Crippen molar-refractivity contribution in [3.63, 3.8) is 0 Å². The first-order chi connectivity index (χ1) is 13.4. The molecule has 4 rings (SSSR count). The summed E-state index contributed by atoms with van der Waals surface area (Å²) < 4.78 is 59.9. The van der Waals surface area contributed by atoms with Crippen molar-refractivity contribution in [1.82, 2.24) is 9.97 Å². The lowest BCUT2D eigenvalue weighted by Crippen LogP contribution is -2.29. The zero-order valence-corrected chi connectivity index (χ0v) is 15.6. The second-order valence-electron chi connectivity index (χ2n) is 6.15. The van der Waals surface area contributed by atoms with Gasteiger partial charge in [0.1, 0.15) is 0 Å². The number of anilines is 1. The van der Waals surface area contributed by atoms with Gasteiger partial charge in [-0.15, -0.1) is 0 Å². The molecule has 0 unspecified atom stereocenters. The molecule has 144 valence electrons. The summed E-state index contributed by atoms with van der Waals surface area (Å²) in [5.41, 5.74) is 2.54. The van der Waals surface area contributed by atoms with Crippen molar-refractivity contribution in [3.8, 4) is 17.0 Å². The maximum absolute atomic E-state index is 14.0. The van der Waals surface area contributed by atoms with Gasteiger partial charge in [0.2, 0.25) is 0 Å². The quantitative estimate of drug-likeness (QED) is 0.669. The van der Waals surface area contributed by atoms with Gasteiger partial charge in [-0.05, 0) is 36.2 Å². The number of ether oxygens (including phenoxy) is 1. The van der Waals surface area contributed by atoms with Crippen LogP contribution in [0.4, 0.5) is 14.5 Å². The Morgan fingerprint density at radius 2 is 1.89 bits per heavy atom. The van der Waals surface area contributed by atoms with Crippen LogP contribution in [0, 0.1) is 11.6 Å². The summed E-state index contributed by atoms with van der Waals surface area (Å²) in [6, 6.07) is 6.93. The summed E-state index contributed by atoms with van der Waals surface area (Å²) in [7, 11) is -3.08. The van der Waals surface area contributed by atoms with Crippen LogP contribution >= 0.6 is 0 Å². The summed E-state index contributed by atoms with van der Waals surface area (Å²) in [5.74, 6) is -2.79. The molecule has 2 aromatic heterocycles. The van der Waals surface area contributed by atoms with Crippen LogP contribution in [0.1, 0.15) is 5.56 Å². The largest absolute Gasteiger partial charge is 0.491 e. The lowest BCUT2D eigenvalue weighted by atomic mass is 10.0. The van der Waals surface area contributed by atoms with Crippen molar-refractivity contribution in [2.24, 2.45) is 0 Å². The van der Waals surface area contributed by atoms with Crippen molar-refractivity contribution in [3.05, 3.63) is 66.1 Å². The van der Waals surface area contributed by atoms with E-state index in [1.165, 1.54) is 6.20 Å². The Balaban J connectivity index is 1.80. The van der Waals surface area contributed by atoms with Gasteiger partial charge in [-0.2, -0.15) is 0 Å². The van der Waals surface area contributed by atoms with Crippen LogP contribution in [0.3, 0.4) is 0 Å². The standard InChI is InChI=1S/C19H15F2N3O3S/c1-27-19-15(20)8-12(9-16(19)21)28(25,26)24-7-5-13-14(10-22-11-18(13)24)17-4-2-3-6-23-17/h2-4,6,8-11H,5,7H2,1H3. The highest BCUT2D eigenvalue weighted by atomic mass is 32.2. The Hall–Kier alpha value is -3.07. The summed E-state index contributed by atoms with van der Waals surface area (Å²) in [4.78, 5) is 7.94. The molecule has 0 atom stereocenters. The summed E-state index contributed by atoms with van der Waals surface area (Å²) in [5, 5.41) is 0. The van der Waals surface area contributed by atoms with Crippen molar-refractivity contribution >= 4 is 15.7 Å². The molecule has 1 aliphatic heterocycles. The first kappa shape index (κ1) is 18.3. The smallest absolute Gasteiger partial charge is 0.264 e. The van der Waals surface area contributed by atoms with Gasteiger partial charge in [0.05, 0.1) is 29.6 Å². The number of fused-ring (bicyclic) bond motifs is 1. The van der Waals surface area contributed by atoms with E-state index >= 15 is 0 Å². The fourth-order valence-electron chi connectivity index (χ4n) is 3.29. The average Bonchev–Trinajstić information content (AvgIpc) is 3.13. The number of nitrogens with zero attached hydrogens (tertiary/aromatic N) is 3. The Morgan fingerprint density at radius 3 is 2.54 bits per heavy atom. The normalized spacial score (nSPS) is 13.5. The molecule has 0 spiro atoms. The van der Waals surface area contributed by atoms with Crippen LogP contribution in [0.5, 0.6) is 5.75 Å². The van der Waals surface area contributed by atoms with Gasteiger partial charge < -0.3 is 4.74 Å². The molecule has 28 heavy (non-hydrogen) atoms. The van der Waals surface area contributed by atoms with E-state index in [1.807, 2.05) is 12.1 Å². The molecule has 9 heteroatoms. The highest BCUT2D eigenvalue weighted by molar-refractivity contribution is 7.92. The monoisotopic (exact) mass is 403 g/mol. The van der Waals surface area contributed by atoms with Gasteiger partial charge in [-0.1, -0.05) is 6.07 Å². The van der Waals surface area contributed by atoms with E-state index in [4.69, 9.17) is 0 Å². The van der Waals surface area contributed by atoms with E-state index in [0.29, 0.717) is 17.8 Å². The third kappa shape index (κ3) is 2.88. The maximum atomic E-state index is 14.0. The van der Waals surface area contributed by atoms with Crippen LogP contribution in [-0.4, -0.2) is 32.0 Å². The molecule has 0 saturated carbocycles. The van der Waals surface area contributed by atoms with Crippen LogP contribution in [0.2, 0.25) is 0 Å². The molecule has 3 aromatic rings. The summed E-state index contributed by atoms with van der Waals surface area (Å²) in [6.07, 6.45) is 5.14. The van der Waals surface area contributed by atoms with E-state index in [1.54, 1.807) is 18.5 Å². The van der Waals surface area contributed by atoms with E-state index in [0.717, 1.165) is 34.7 Å². The fraction of sp³-hybridized carbons (Fsp3) is 0.158. The number of rotatable bonds is 4. The van der Waals surface area contributed by atoms with Gasteiger partial charge in [0.25, 0.3) is 10.0 Å². The predicted molar refractivity (Wildman–Crippen MR) is 98.6 cm³/mol. The minimum Gasteiger partial charge on any atom is -0.491 e. The SMILES string of the molecule is COc1c(F)cc(S(=O)(=O)N2CCc3c(-c4ccccn4)cncc32)cc1F. The molecule has 1 aliphatic rings. The molecule has 0 aliphatic carbocycles. The van der Waals surface area contributed by atoms with E-state index in [9.17, 15) is 17.2 Å². The topological polar surface area (TPSA) is 72.4 Å². The van der Waals surface area contributed by atoms with Crippen molar-refractivity contribution in [2.45, 2.75) is 11.3 Å². The Labute approximate surface area is 160 Å². The minimum atomic E-state index is -4.18. The molecular weight excluding hydrogens is 388 g/mol. The number of sulfonamides is 1. The second kappa shape index (κ2) is 6.83. The predicted octanol–water partition coefficient (Wildman–Crippen LogP) is 3.18. The number of benzene rings is 1. The van der Waals surface area contributed by atoms with Gasteiger partial charge >= 0.3 is 0 Å². The van der Waals surface area contributed by atoms with Crippen LogP contribution in [0.25, 0.3) is 11.3 Å². The minimum absolute atomic E-state index is 0.137. The lowest BCUT2D eigenvalue weighted by molar-refractivity contribution is 0.358. The second-order valence-corrected chi connectivity index (χ2v) is 8.01. The zero-order chi connectivity index (χ0) is 19.9. The van der Waals surface area contributed by atoms with Crippen LogP contribution < -0.4 is 9.04 Å². The van der Waals surface area contributed by atoms with Crippen molar-refractivity contribution in [1.29, 1.82) is 0 Å². The Bertz CT molecular complexity index is 1130. The van der Waals surface area contributed by atoms with Crippen LogP contribution in [0.15, 0.2) is 53.8 Å². The molecule has 0 bridgehead atoms. The zero-order valence-electron chi connectivity index (χ0n) is 14.8. The molecule has 0 N–H and O–H groups in total. The fourth-order valence-corrected chi connectivity index (χ4v) is 4.80. The van der Waals surface area contributed by atoms with Crippen molar-refractivity contribution in [2.75, 3.05) is 18.0 Å². The Morgan fingerprint density at radius 1 is 1.14 bits per heavy atom. The number of pyridine rings is 2. The number of aromatic nitrogens is 2. The number of hydrogen-bond acceptors (Lipinski definition) is 5. The molecule has 0 radical (unpaired) electrons. The molecular formula is C19H15F2N3O3S. The van der Waals surface area contributed by atoms with Gasteiger partial charge in [-0.25, -0.2) is 17.2 Å². The van der Waals surface area contributed by atoms with E-state index in [2.05, 4.69) is 14.7 Å². The van der Waals surface area contributed by atoms with E-state index in [-0.39, 0.29) is 6.54 Å². The average molecular weight is 403 g/mol. The number of methoxy groups -OCH3 is 1. The molecule has 1 aromatic carbocycles. The van der Waals surface area contributed by atoms with Crippen molar-refractivity contribution < 1.29 is 21.9 Å². The molecule has 0 fully saturated rings. The summed E-state index contributed by atoms with van der Waals surface area (Å²) >= 11 is 0. The number of hydrogen-bond donors (Lipinski definition) is 0.